The van der Waals surface area contributed by atoms with Gasteiger partial charge in [-0.25, -0.2) is 5.06 Å². The molecule has 3 rings (SSSR count). The number of rotatable bonds is 5. The van der Waals surface area contributed by atoms with Gasteiger partial charge in [0.1, 0.15) is 18.3 Å². The van der Waals surface area contributed by atoms with E-state index in [0.717, 1.165) is 5.56 Å². The lowest BCUT2D eigenvalue weighted by Crippen LogP contribution is -2.37. The minimum absolute atomic E-state index is 0.198. The lowest BCUT2D eigenvalue weighted by molar-refractivity contribution is -0.174. The van der Waals surface area contributed by atoms with Crippen LogP contribution in [0, 0.1) is 0 Å². The van der Waals surface area contributed by atoms with Gasteiger partial charge in [0.15, 0.2) is 11.6 Å². The number of amides is 1. The van der Waals surface area contributed by atoms with Gasteiger partial charge in [-0.1, -0.05) is 24.3 Å². The Morgan fingerprint density at radius 1 is 1.11 bits per heavy atom. The molecular weight excluding hydrogens is 362 g/mol. The molecule has 1 aromatic rings. The molecule has 0 bridgehead atoms. The zero-order valence-electron chi connectivity index (χ0n) is 17.3. The topological polar surface area (TPSA) is 66.5 Å². The molecule has 0 spiro atoms. The number of hydrogen-bond donors (Lipinski definition) is 0. The highest BCUT2D eigenvalue weighted by Gasteiger charge is 2.48. The monoisotopic (exact) mass is 391 g/mol. The van der Waals surface area contributed by atoms with Crippen LogP contribution in [-0.2, 0) is 23.8 Å². The van der Waals surface area contributed by atoms with Crippen LogP contribution in [0.15, 0.2) is 30.3 Å². The molecule has 3 atom stereocenters. The van der Waals surface area contributed by atoms with E-state index < -0.39 is 11.6 Å². The molecule has 0 radical (unpaired) electrons. The molecule has 0 saturated carbocycles. The molecule has 28 heavy (non-hydrogen) atoms. The summed E-state index contributed by atoms with van der Waals surface area (Å²) in [7, 11) is 3.03. The number of benzene rings is 1. The van der Waals surface area contributed by atoms with E-state index in [9.17, 15) is 4.79 Å². The molecule has 1 amide bonds. The molecule has 2 fully saturated rings. The predicted molar refractivity (Wildman–Crippen MR) is 103 cm³/mol. The van der Waals surface area contributed by atoms with Crippen LogP contribution in [0.3, 0.4) is 0 Å². The van der Waals surface area contributed by atoms with Crippen LogP contribution >= 0.6 is 0 Å². The summed E-state index contributed by atoms with van der Waals surface area (Å²) in [5, 5.41) is 1.19. The number of carbonyl (C=O) groups is 1. The first-order chi connectivity index (χ1) is 13.1. The Morgan fingerprint density at radius 3 is 2.36 bits per heavy atom. The van der Waals surface area contributed by atoms with Crippen molar-refractivity contribution in [3.05, 3.63) is 41.5 Å². The number of carbonyl (C=O) groups excluding carboxylic acids is 1. The first-order valence-corrected chi connectivity index (χ1v) is 9.38. The SMILES string of the molecule is CON(C)C(=O)c1ccc(/C=C/[C@H]2OC(C)(C)O[C@@H]2[C@H]2COC(C)(C)O2)cc1. The number of nitrogens with zero attached hydrogens (tertiary/aromatic N) is 1. The van der Waals surface area contributed by atoms with Gasteiger partial charge < -0.3 is 18.9 Å². The Morgan fingerprint density at radius 2 is 1.79 bits per heavy atom. The van der Waals surface area contributed by atoms with Crippen molar-refractivity contribution in [1.82, 2.24) is 5.06 Å². The second-order valence-corrected chi connectivity index (χ2v) is 7.90. The van der Waals surface area contributed by atoms with Gasteiger partial charge in [-0.05, 0) is 45.4 Å². The van der Waals surface area contributed by atoms with Crippen molar-refractivity contribution in [1.29, 1.82) is 0 Å². The molecule has 0 aliphatic carbocycles. The zero-order chi connectivity index (χ0) is 20.5. The molecule has 2 aliphatic heterocycles. The first kappa shape index (κ1) is 21.0. The predicted octanol–water partition coefficient (Wildman–Crippen LogP) is 3.00. The third kappa shape index (κ3) is 4.79. The third-order valence-corrected chi connectivity index (χ3v) is 4.76. The molecule has 2 saturated heterocycles. The third-order valence-electron chi connectivity index (χ3n) is 4.76. The smallest absolute Gasteiger partial charge is 0.277 e. The van der Waals surface area contributed by atoms with Crippen LogP contribution in [0.25, 0.3) is 6.08 Å². The molecule has 1 aromatic carbocycles. The number of hydrogen-bond acceptors (Lipinski definition) is 6. The summed E-state index contributed by atoms with van der Waals surface area (Å²) < 4.78 is 23.8. The maximum atomic E-state index is 12.1. The quantitative estimate of drug-likeness (QED) is 0.719. The highest BCUT2D eigenvalue weighted by atomic mass is 16.8. The first-order valence-electron chi connectivity index (χ1n) is 9.38. The van der Waals surface area contributed by atoms with Crippen molar-refractivity contribution in [3.63, 3.8) is 0 Å². The van der Waals surface area contributed by atoms with E-state index in [4.69, 9.17) is 23.8 Å². The number of ether oxygens (including phenoxy) is 4. The van der Waals surface area contributed by atoms with E-state index in [1.807, 2.05) is 52.0 Å². The van der Waals surface area contributed by atoms with Crippen LogP contribution < -0.4 is 0 Å². The second kappa shape index (κ2) is 7.93. The average molecular weight is 391 g/mol. The van der Waals surface area contributed by atoms with Crippen molar-refractivity contribution in [2.45, 2.75) is 57.6 Å². The fraction of sp³-hybridized carbons (Fsp3) is 0.571. The highest BCUT2D eigenvalue weighted by molar-refractivity contribution is 5.93. The van der Waals surface area contributed by atoms with E-state index in [1.165, 1.54) is 12.2 Å². The molecule has 0 N–H and O–H groups in total. The van der Waals surface area contributed by atoms with Crippen molar-refractivity contribution in [2.24, 2.45) is 0 Å². The van der Waals surface area contributed by atoms with Crippen LogP contribution in [0.1, 0.15) is 43.6 Å². The summed E-state index contributed by atoms with van der Waals surface area (Å²) in [6.45, 7) is 8.03. The van der Waals surface area contributed by atoms with Gasteiger partial charge in [0.05, 0.1) is 13.7 Å². The van der Waals surface area contributed by atoms with Crippen molar-refractivity contribution in [2.75, 3.05) is 20.8 Å². The standard InChI is InChI=1S/C21H29NO6/c1-20(2)25-13-17(27-20)18-16(26-21(3,4)28-18)12-9-14-7-10-15(11-8-14)19(23)22(5)24-6/h7-12,16-18H,13H2,1-6H3/b12-9+/t16-,17-,18+/m1/s1. The summed E-state index contributed by atoms with van der Waals surface area (Å²) in [4.78, 5) is 17.0. The summed E-state index contributed by atoms with van der Waals surface area (Å²) in [6.07, 6.45) is 3.20. The molecule has 0 unspecified atom stereocenters. The van der Waals surface area contributed by atoms with Gasteiger partial charge >= 0.3 is 0 Å². The summed E-state index contributed by atoms with van der Waals surface area (Å²) >= 11 is 0. The van der Waals surface area contributed by atoms with Gasteiger partial charge in [-0.2, -0.15) is 0 Å². The lowest BCUT2D eigenvalue weighted by Gasteiger charge is -2.22. The Bertz CT molecular complexity index is 727. The number of hydroxylamine groups is 2. The normalized spacial score (nSPS) is 28.7. The Balaban J connectivity index is 1.70. The van der Waals surface area contributed by atoms with Crippen LogP contribution in [-0.4, -0.2) is 61.6 Å². The summed E-state index contributed by atoms with van der Waals surface area (Å²) in [5.41, 5.74) is 1.51. The Labute approximate surface area is 166 Å². The van der Waals surface area contributed by atoms with Crippen molar-refractivity contribution >= 4 is 12.0 Å². The van der Waals surface area contributed by atoms with Crippen molar-refractivity contribution < 1.29 is 28.6 Å². The lowest BCUT2D eigenvalue weighted by atomic mass is 10.1. The van der Waals surface area contributed by atoms with E-state index in [0.29, 0.717) is 12.2 Å². The van der Waals surface area contributed by atoms with Gasteiger partial charge in [-0.15, -0.1) is 0 Å². The summed E-state index contributed by atoms with van der Waals surface area (Å²) in [6, 6.07) is 7.28. The summed E-state index contributed by atoms with van der Waals surface area (Å²) in [5.74, 6) is -1.52. The van der Waals surface area contributed by atoms with Gasteiger partial charge in [-0.3, -0.25) is 9.63 Å². The van der Waals surface area contributed by atoms with Crippen molar-refractivity contribution in [3.8, 4) is 0 Å². The Kier molecular flexibility index (Phi) is 5.93. The molecule has 2 aliphatic rings. The molecule has 154 valence electrons. The molecule has 2 heterocycles. The minimum Gasteiger partial charge on any atom is -0.348 e. The average Bonchev–Trinajstić information content (AvgIpc) is 3.17. The van der Waals surface area contributed by atoms with E-state index >= 15 is 0 Å². The van der Waals surface area contributed by atoms with E-state index in [2.05, 4.69) is 0 Å². The second-order valence-electron chi connectivity index (χ2n) is 7.90. The van der Waals surface area contributed by atoms with E-state index in [1.54, 1.807) is 19.2 Å². The van der Waals surface area contributed by atoms with Gasteiger partial charge in [0.2, 0.25) is 0 Å². The van der Waals surface area contributed by atoms with Gasteiger partial charge in [0.25, 0.3) is 5.91 Å². The fourth-order valence-electron chi connectivity index (χ4n) is 3.34. The minimum atomic E-state index is -0.698. The van der Waals surface area contributed by atoms with Crippen LogP contribution in [0.4, 0.5) is 0 Å². The molecular formula is C21H29NO6. The fourth-order valence-corrected chi connectivity index (χ4v) is 3.34. The molecule has 7 nitrogen and oxygen atoms in total. The molecule has 0 aromatic heterocycles. The largest absolute Gasteiger partial charge is 0.348 e. The highest BCUT2D eigenvalue weighted by Crippen LogP contribution is 2.36. The van der Waals surface area contributed by atoms with E-state index in [-0.39, 0.29) is 24.2 Å². The van der Waals surface area contributed by atoms with Crippen LogP contribution in [0.2, 0.25) is 0 Å². The molecule has 7 heteroatoms. The maximum absolute atomic E-state index is 12.1. The zero-order valence-corrected chi connectivity index (χ0v) is 17.3. The van der Waals surface area contributed by atoms with Gasteiger partial charge in [0, 0.05) is 12.6 Å². The maximum Gasteiger partial charge on any atom is 0.277 e. The van der Waals surface area contributed by atoms with Crippen LogP contribution in [0.5, 0.6) is 0 Å². The Hall–Kier alpha value is -1.77.